The SMILES string of the molecule is CC(C)[C@H](NC(=O)O)C(O)CCl. The summed E-state index contributed by atoms with van der Waals surface area (Å²) in [4.78, 5) is 10.3. The van der Waals surface area contributed by atoms with E-state index in [9.17, 15) is 9.90 Å². The van der Waals surface area contributed by atoms with Gasteiger partial charge in [0.1, 0.15) is 0 Å². The van der Waals surface area contributed by atoms with E-state index >= 15 is 0 Å². The largest absolute Gasteiger partial charge is 0.465 e. The Balaban J connectivity index is 4.12. The molecule has 0 saturated heterocycles. The number of hydrogen-bond acceptors (Lipinski definition) is 2. The molecule has 0 rings (SSSR count). The molecule has 0 aromatic rings. The summed E-state index contributed by atoms with van der Waals surface area (Å²) in [5.74, 6) is 0.0539. The summed E-state index contributed by atoms with van der Waals surface area (Å²) in [6.07, 6.45) is -1.97. The van der Waals surface area contributed by atoms with Gasteiger partial charge < -0.3 is 15.5 Å². The number of halogens is 1. The van der Waals surface area contributed by atoms with Gasteiger partial charge in [-0.2, -0.15) is 0 Å². The molecule has 0 saturated carbocycles. The van der Waals surface area contributed by atoms with Crippen molar-refractivity contribution in [2.24, 2.45) is 5.92 Å². The van der Waals surface area contributed by atoms with Gasteiger partial charge in [-0.15, -0.1) is 11.6 Å². The van der Waals surface area contributed by atoms with Crippen LogP contribution in [0.25, 0.3) is 0 Å². The first-order valence-electron chi connectivity index (χ1n) is 3.72. The minimum Gasteiger partial charge on any atom is -0.465 e. The lowest BCUT2D eigenvalue weighted by atomic mass is 10.00. The van der Waals surface area contributed by atoms with Gasteiger partial charge in [-0.05, 0) is 5.92 Å². The van der Waals surface area contributed by atoms with Crippen LogP contribution in [0.15, 0.2) is 0 Å². The predicted octanol–water partition coefficient (Wildman–Crippen LogP) is 0.878. The summed E-state index contributed by atoms with van der Waals surface area (Å²) >= 11 is 5.39. The average molecular weight is 196 g/mol. The molecule has 0 aliphatic carbocycles. The summed E-state index contributed by atoms with van der Waals surface area (Å²) in [6.45, 7) is 3.63. The van der Waals surface area contributed by atoms with Crippen LogP contribution in [0.5, 0.6) is 0 Å². The van der Waals surface area contributed by atoms with Crippen molar-refractivity contribution in [1.82, 2.24) is 5.32 Å². The number of nitrogens with one attached hydrogen (secondary N) is 1. The number of rotatable bonds is 4. The molecule has 0 aromatic carbocycles. The second kappa shape index (κ2) is 5.22. The molecule has 3 N–H and O–H groups in total. The molecule has 72 valence electrons. The van der Waals surface area contributed by atoms with Crippen LogP contribution in [0.2, 0.25) is 0 Å². The van der Waals surface area contributed by atoms with Crippen LogP contribution in [-0.4, -0.2) is 34.3 Å². The molecule has 0 bridgehead atoms. The Hall–Kier alpha value is -0.480. The molecule has 12 heavy (non-hydrogen) atoms. The topological polar surface area (TPSA) is 69.6 Å². The number of aliphatic hydroxyl groups is 1. The van der Waals surface area contributed by atoms with Crippen molar-refractivity contribution in [1.29, 1.82) is 0 Å². The monoisotopic (exact) mass is 195 g/mol. The molecule has 0 radical (unpaired) electrons. The van der Waals surface area contributed by atoms with Gasteiger partial charge in [-0.1, -0.05) is 13.8 Å². The number of carboxylic acid groups (broad SMARTS) is 1. The van der Waals surface area contributed by atoms with Crippen molar-refractivity contribution in [3.8, 4) is 0 Å². The van der Waals surface area contributed by atoms with Crippen molar-refractivity contribution < 1.29 is 15.0 Å². The number of hydrogen-bond donors (Lipinski definition) is 3. The summed E-state index contributed by atoms with van der Waals surface area (Å²) in [5.41, 5.74) is 0. The Morgan fingerprint density at radius 1 is 1.58 bits per heavy atom. The summed E-state index contributed by atoms with van der Waals surface area (Å²) in [7, 11) is 0. The van der Waals surface area contributed by atoms with Crippen molar-refractivity contribution in [2.45, 2.75) is 26.0 Å². The molecule has 2 atom stereocenters. The smallest absolute Gasteiger partial charge is 0.404 e. The van der Waals surface area contributed by atoms with E-state index in [4.69, 9.17) is 16.7 Å². The quantitative estimate of drug-likeness (QED) is 0.584. The maximum Gasteiger partial charge on any atom is 0.404 e. The third-order valence-corrected chi connectivity index (χ3v) is 1.90. The van der Waals surface area contributed by atoms with Crippen molar-refractivity contribution in [2.75, 3.05) is 5.88 Å². The van der Waals surface area contributed by atoms with Crippen LogP contribution >= 0.6 is 11.6 Å². The number of alkyl halides is 1. The van der Waals surface area contributed by atoms with Crippen LogP contribution in [0, 0.1) is 5.92 Å². The Morgan fingerprint density at radius 2 is 2.08 bits per heavy atom. The molecule has 1 amide bonds. The van der Waals surface area contributed by atoms with Gasteiger partial charge in [0, 0.05) is 0 Å². The summed E-state index contributed by atoms with van der Waals surface area (Å²) in [6, 6.07) is -0.500. The Bertz CT molecular complexity index is 152. The second-order valence-electron chi connectivity index (χ2n) is 2.94. The predicted molar refractivity (Wildman–Crippen MR) is 46.5 cm³/mol. The van der Waals surface area contributed by atoms with Crippen molar-refractivity contribution in [3.63, 3.8) is 0 Å². The summed E-state index contributed by atoms with van der Waals surface area (Å²) in [5, 5.41) is 19.9. The highest BCUT2D eigenvalue weighted by Gasteiger charge is 2.23. The summed E-state index contributed by atoms with van der Waals surface area (Å²) < 4.78 is 0. The fourth-order valence-electron chi connectivity index (χ4n) is 0.946. The van der Waals surface area contributed by atoms with E-state index < -0.39 is 18.2 Å². The molecule has 0 fully saturated rings. The minimum absolute atomic E-state index is 0.0230. The Morgan fingerprint density at radius 3 is 2.33 bits per heavy atom. The molecule has 0 aromatic heterocycles. The van der Waals surface area contributed by atoms with E-state index in [-0.39, 0.29) is 11.8 Å². The molecule has 0 heterocycles. The number of amides is 1. The molecule has 0 aliphatic heterocycles. The molecule has 0 aliphatic rings. The van der Waals surface area contributed by atoms with Gasteiger partial charge >= 0.3 is 6.09 Å². The third kappa shape index (κ3) is 3.78. The van der Waals surface area contributed by atoms with E-state index in [1.165, 1.54) is 0 Å². The molecule has 0 spiro atoms. The molecule has 4 nitrogen and oxygen atoms in total. The van der Waals surface area contributed by atoms with Crippen LogP contribution in [0.1, 0.15) is 13.8 Å². The van der Waals surface area contributed by atoms with Crippen molar-refractivity contribution in [3.05, 3.63) is 0 Å². The number of aliphatic hydroxyl groups excluding tert-OH is 1. The molecule has 1 unspecified atom stereocenters. The van der Waals surface area contributed by atoms with E-state index in [1.807, 2.05) is 13.8 Å². The molecular weight excluding hydrogens is 182 g/mol. The first-order chi connectivity index (χ1) is 5.49. The van der Waals surface area contributed by atoms with Gasteiger partial charge in [0.15, 0.2) is 0 Å². The van der Waals surface area contributed by atoms with Crippen molar-refractivity contribution >= 4 is 17.7 Å². The van der Waals surface area contributed by atoms with Gasteiger partial charge in [-0.3, -0.25) is 0 Å². The van der Waals surface area contributed by atoms with Crippen LogP contribution in [0.4, 0.5) is 4.79 Å². The molecule has 5 heteroatoms. The van der Waals surface area contributed by atoms with Crippen LogP contribution in [-0.2, 0) is 0 Å². The maximum atomic E-state index is 10.3. The maximum absolute atomic E-state index is 10.3. The lowest BCUT2D eigenvalue weighted by molar-refractivity contribution is 0.116. The van der Waals surface area contributed by atoms with Gasteiger partial charge in [-0.25, -0.2) is 4.79 Å². The number of carbonyl (C=O) groups is 1. The highest BCUT2D eigenvalue weighted by molar-refractivity contribution is 6.18. The average Bonchev–Trinajstić information content (AvgIpc) is 1.98. The highest BCUT2D eigenvalue weighted by atomic mass is 35.5. The Labute approximate surface area is 76.5 Å². The minimum atomic E-state index is -1.14. The van der Waals surface area contributed by atoms with E-state index in [1.54, 1.807) is 0 Å². The zero-order valence-electron chi connectivity index (χ0n) is 7.12. The molecular formula is C7H14ClNO3. The van der Waals surface area contributed by atoms with Gasteiger partial charge in [0.05, 0.1) is 18.0 Å². The van der Waals surface area contributed by atoms with Gasteiger partial charge in [0.2, 0.25) is 0 Å². The fourth-order valence-corrected chi connectivity index (χ4v) is 1.14. The van der Waals surface area contributed by atoms with E-state index in [0.717, 1.165) is 0 Å². The first-order valence-corrected chi connectivity index (χ1v) is 4.26. The zero-order valence-corrected chi connectivity index (χ0v) is 7.88. The Kier molecular flexibility index (Phi) is 5.01. The lowest BCUT2D eigenvalue weighted by Crippen LogP contribution is -2.47. The lowest BCUT2D eigenvalue weighted by Gasteiger charge is -2.24. The first kappa shape index (κ1) is 11.5. The third-order valence-electron chi connectivity index (χ3n) is 1.58. The van der Waals surface area contributed by atoms with Crippen LogP contribution in [0.3, 0.4) is 0 Å². The fraction of sp³-hybridized carbons (Fsp3) is 0.857. The standard InChI is InChI=1S/C7H14ClNO3/c1-4(2)6(5(10)3-8)9-7(11)12/h4-6,9-10H,3H2,1-2H3,(H,11,12)/t5?,6-/m0/s1. The second-order valence-corrected chi connectivity index (χ2v) is 3.25. The zero-order chi connectivity index (χ0) is 9.72. The van der Waals surface area contributed by atoms with E-state index in [0.29, 0.717) is 0 Å². The normalized spacial score (nSPS) is 15.8. The highest BCUT2D eigenvalue weighted by Crippen LogP contribution is 2.07. The van der Waals surface area contributed by atoms with Crippen LogP contribution < -0.4 is 5.32 Å². The van der Waals surface area contributed by atoms with Gasteiger partial charge in [0.25, 0.3) is 0 Å². The van der Waals surface area contributed by atoms with E-state index in [2.05, 4.69) is 5.32 Å².